The Labute approximate surface area is 118 Å². The summed E-state index contributed by atoms with van der Waals surface area (Å²) in [7, 11) is 0. The molecule has 0 unspecified atom stereocenters. The van der Waals surface area contributed by atoms with Crippen LogP contribution >= 0.6 is 0 Å². The molecule has 4 nitrogen and oxygen atoms in total. The maximum absolute atomic E-state index is 5.60. The highest BCUT2D eigenvalue weighted by molar-refractivity contribution is 5.37. The molecule has 0 aliphatic carbocycles. The molecule has 0 bridgehead atoms. The van der Waals surface area contributed by atoms with E-state index in [1.807, 2.05) is 22.8 Å². The standard InChI is InChI=1S/C16H18N4/c17-11-14-8-6-13(7-9-14)3-1-4-15-12-20-16(19-15)5-2-10-18-20/h2,5-10,12H,1,3-4,11,17H2. The van der Waals surface area contributed by atoms with E-state index < -0.39 is 0 Å². The van der Waals surface area contributed by atoms with Gasteiger partial charge in [-0.2, -0.15) is 5.10 Å². The molecular weight excluding hydrogens is 248 g/mol. The zero-order valence-electron chi connectivity index (χ0n) is 11.4. The van der Waals surface area contributed by atoms with E-state index in [-0.39, 0.29) is 0 Å². The highest BCUT2D eigenvalue weighted by atomic mass is 15.2. The topological polar surface area (TPSA) is 56.2 Å². The Morgan fingerprint density at radius 2 is 1.80 bits per heavy atom. The maximum Gasteiger partial charge on any atom is 0.153 e. The summed E-state index contributed by atoms with van der Waals surface area (Å²) >= 11 is 0. The summed E-state index contributed by atoms with van der Waals surface area (Å²) in [6.45, 7) is 0.606. The van der Waals surface area contributed by atoms with Crippen molar-refractivity contribution in [3.63, 3.8) is 0 Å². The van der Waals surface area contributed by atoms with Crippen LogP contribution in [0.3, 0.4) is 0 Å². The normalized spacial score (nSPS) is 11.1. The molecule has 0 saturated heterocycles. The Hall–Kier alpha value is -2.20. The molecule has 1 aromatic carbocycles. The number of aromatic nitrogens is 3. The van der Waals surface area contributed by atoms with E-state index in [9.17, 15) is 0 Å². The van der Waals surface area contributed by atoms with Crippen molar-refractivity contribution < 1.29 is 0 Å². The van der Waals surface area contributed by atoms with Crippen LogP contribution in [0, 0.1) is 0 Å². The second kappa shape index (κ2) is 5.84. The Bertz CT molecular complexity index is 652. The van der Waals surface area contributed by atoms with Crippen LogP contribution in [0.25, 0.3) is 5.65 Å². The summed E-state index contributed by atoms with van der Waals surface area (Å²) in [6, 6.07) is 12.4. The first-order valence-electron chi connectivity index (χ1n) is 6.92. The third-order valence-electron chi connectivity index (χ3n) is 3.44. The first-order valence-corrected chi connectivity index (χ1v) is 6.92. The third-order valence-corrected chi connectivity index (χ3v) is 3.44. The summed E-state index contributed by atoms with van der Waals surface area (Å²) < 4.78 is 1.82. The Morgan fingerprint density at radius 1 is 1.00 bits per heavy atom. The number of aryl methyl sites for hydroxylation is 2. The van der Waals surface area contributed by atoms with Crippen molar-refractivity contribution in [2.24, 2.45) is 5.73 Å². The molecule has 0 saturated carbocycles. The van der Waals surface area contributed by atoms with Gasteiger partial charge in [0, 0.05) is 12.7 Å². The molecule has 0 atom stereocenters. The van der Waals surface area contributed by atoms with Crippen molar-refractivity contribution in [3.8, 4) is 0 Å². The van der Waals surface area contributed by atoms with Crippen LogP contribution in [0.2, 0.25) is 0 Å². The summed E-state index contributed by atoms with van der Waals surface area (Å²) in [5, 5.41) is 4.23. The predicted octanol–water partition coefficient (Wildman–Crippen LogP) is 2.36. The largest absolute Gasteiger partial charge is 0.326 e. The van der Waals surface area contributed by atoms with E-state index in [2.05, 4.69) is 34.3 Å². The minimum Gasteiger partial charge on any atom is -0.326 e. The molecule has 20 heavy (non-hydrogen) atoms. The van der Waals surface area contributed by atoms with Crippen LogP contribution in [0.4, 0.5) is 0 Å². The van der Waals surface area contributed by atoms with Crippen LogP contribution in [0.15, 0.2) is 48.8 Å². The monoisotopic (exact) mass is 266 g/mol. The van der Waals surface area contributed by atoms with Crippen molar-refractivity contribution in [2.45, 2.75) is 25.8 Å². The Morgan fingerprint density at radius 3 is 2.55 bits per heavy atom. The van der Waals surface area contributed by atoms with Gasteiger partial charge in [0.25, 0.3) is 0 Å². The molecule has 2 aromatic heterocycles. The molecule has 2 N–H and O–H groups in total. The lowest BCUT2D eigenvalue weighted by Crippen LogP contribution is -1.96. The average molecular weight is 266 g/mol. The number of nitrogens with zero attached hydrogens (tertiary/aromatic N) is 3. The number of rotatable bonds is 5. The van der Waals surface area contributed by atoms with Gasteiger partial charge in [-0.15, -0.1) is 0 Å². The number of hydrogen-bond acceptors (Lipinski definition) is 3. The van der Waals surface area contributed by atoms with E-state index >= 15 is 0 Å². The lowest BCUT2D eigenvalue weighted by atomic mass is 10.1. The summed E-state index contributed by atoms with van der Waals surface area (Å²) in [4.78, 5) is 4.56. The quantitative estimate of drug-likeness (QED) is 0.771. The third kappa shape index (κ3) is 2.86. The van der Waals surface area contributed by atoms with Gasteiger partial charge >= 0.3 is 0 Å². The number of fused-ring (bicyclic) bond motifs is 1. The number of imidazole rings is 1. The fourth-order valence-corrected chi connectivity index (χ4v) is 2.32. The molecule has 0 amide bonds. The van der Waals surface area contributed by atoms with Gasteiger partial charge in [0.05, 0.1) is 11.9 Å². The minimum absolute atomic E-state index is 0.606. The minimum atomic E-state index is 0.606. The molecular formula is C16H18N4. The molecule has 3 aromatic rings. The average Bonchev–Trinajstić information content (AvgIpc) is 2.90. The Kier molecular flexibility index (Phi) is 3.74. The second-order valence-electron chi connectivity index (χ2n) is 4.93. The fraction of sp³-hybridized carbons (Fsp3) is 0.250. The van der Waals surface area contributed by atoms with Gasteiger partial charge in [0.15, 0.2) is 5.65 Å². The van der Waals surface area contributed by atoms with Gasteiger partial charge in [0.1, 0.15) is 0 Å². The highest BCUT2D eigenvalue weighted by Crippen LogP contribution is 2.10. The maximum atomic E-state index is 5.60. The van der Waals surface area contributed by atoms with Crippen molar-refractivity contribution >= 4 is 5.65 Å². The first-order chi connectivity index (χ1) is 9.85. The molecule has 0 radical (unpaired) electrons. The summed E-state index contributed by atoms with van der Waals surface area (Å²) in [5.74, 6) is 0. The van der Waals surface area contributed by atoms with Crippen molar-refractivity contribution in [3.05, 3.63) is 65.6 Å². The zero-order chi connectivity index (χ0) is 13.8. The lowest BCUT2D eigenvalue weighted by molar-refractivity contribution is 0.802. The zero-order valence-corrected chi connectivity index (χ0v) is 11.4. The van der Waals surface area contributed by atoms with Crippen LogP contribution in [0.5, 0.6) is 0 Å². The van der Waals surface area contributed by atoms with Gasteiger partial charge in [-0.05, 0) is 42.5 Å². The lowest BCUT2D eigenvalue weighted by Gasteiger charge is -2.02. The number of nitrogens with two attached hydrogens (primary N) is 1. The van der Waals surface area contributed by atoms with Gasteiger partial charge in [0.2, 0.25) is 0 Å². The van der Waals surface area contributed by atoms with E-state index in [0.717, 1.165) is 30.6 Å². The smallest absolute Gasteiger partial charge is 0.153 e. The van der Waals surface area contributed by atoms with Gasteiger partial charge in [-0.25, -0.2) is 9.50 Å². The first kappa shape index (κ1) is 12.8. The molecule has 2 heterocycles. The molecule has 0 aliphatic rings. The van der Waals surface area contributed by atoms with Crippen LogP contribution < -0.4 is 5.73 Å². The van der Waals surface area contributed by atoms with Crippen LogP contribution in [0.1, 0.15) is 23.2 Å². The fourth-order valence-electron chi connectivity index (χ4n) is 2.32. The van der Waals surface area contributed by atoms with Crippen molar-refractivity contribution in [1.29, 1.82) is 0 Å². The van der Waals surface area contributed by atoms with Crippen molar-refractivity contribution in [1.82, 2.24) is 14.6 Å². The number of hydrogen-bond donors (Lipinski definition) is 1. The molecule has 3 rings (SSSR count). The van der Waals surface area contributed by atoms with Crippen LogP contribution in [-0.4, -0.2) is 14.6 Å². The van der Waals surface area contributed by atoms with Gasteiger partial charge in [-0.3, -0.25) is 0 Å². The molecule has 0 aliphatic heterocycles. The predicted molar refractivity (Wildman–Crippen MR) is 79.3 cm³/mol. The van der Waals surface area contributed by atoms with E-state index in [1.165, 1.54) is 11.1 Å². The van der Waals surface area contributed by atoms with Gasteiger partial charge < -0.3 is 5.73 Å². The second-order valence-corrected chi connectivity index (χ2v) is 4.93. The molecule has 0 spiro atoms. The highest BCUT2D eigenvalue weighted by Gasteiger charge is 2.02. The summed E-state index contributed by atoms with van der Waals surface area (Å²) in [5.41, 5.74) is 10.1. The SMILES string of the molecule is NCc1ccc(CCCc2cn3ncccc3n2)cc1. The van der Waals surface area contributed by atoms with Gasteiger partial charge in [-0.1, -0.05) is 24.3 Å². The molecule has 4 heteroatoms. The molecule has 102 valence electrons. The van der Waals surface area contributed by atoms with Crippen molar-refractivity contribution in [2.75, 3.05) is 0 Å². The number of benzene rings is 1. The molecule has 0 fully saturated rings. The van der Waals surface area contributed by atoms with Crippen LogP contribution in [-0.2, 0) is 19.4 Å². The van der Waals surface area contributed by atoms with E-state index in [1.54, 1.807) is 6.20 Å². The van der Waals surface area contributed by atoms with E-state index in [4.69, 9.17) is 5.73 Å². The van der Waals surface area contributed by atoms with E-state index in [0.29, 0.717) is 6.54 Å². The Balaban J connectivity index is 1.58. The summed E-state index contributed by atoms with van der Waals surface area (Å²) in [6.07, 6.45) is 6.91.